The molecule has 1 aromatic heterocycles. The first-order chi connectivity index (χ1) is 11.7. The van der Waals surface area contributed by atoms with Gasteiger partial charge in [0.25, 0.3) is 5.91 Å². The second-order valence-corrected chi connectivity index (χ2v) is 5.95. The van der Waals surface area contributed by atoms with Crippen molar-refractivity contribution in [2.24, 2.45) is 0 Å². The Bertz CT molecular complexity index is 884. The third-order valence-electron chi connectivity index (χ3n) is 4.32. The van der Waals surface area contributed by atoms with Crippen LogP contribution in [0.3, 0.4) is 0 Å². The van der Waals surface area contributed by atoms with Gasteiger partial charge in [0.05, 0.1) is 0 Å². The lowest BCUT2D eigenvalue weighted by Gasteiger charge is -2.29. The van der Waals surface area contributed by atoms with Gasteiger partial charge in [-0.15, -0.1) is 10.2 Å². The monoisotopic (exact) mass is 319 g/mol. The van der Waals surface area contributed by atoms with E-state index in [1.165, 1.54) is 11.1 Å². The number of fused-ring (bicyclic) bond motifs is 1. The summed E-state index contributed by atoms with van der Waals surface area (Å²) in [5, 5.41) is 7.82. The smallest absolute Gasteiger partial charge is 0.254 e. The predicted molar refractivity (Wildman–Crippen MR) is 89.4 cm³/mol. The van der Waals surface area contributed by atoms with E-state index in [1.54, 1.807) is 6.92 Å². The highest BCUT2D eigenvalue weighted by Crippen LogP contribution is 2.22. The summed E-state index contributed by atoms with van der Waals surface area (Å²) in [7, 11) is 0. The number of carbonyl (C=O) groups is 1. The van der Waals surface area contributed by atoms with Gasteiger partial charge in [0.1, 0.15) is 0 Å². The highest BCUT2D eigenvalue weighted by atomic mass is 16.4. The quantitative estimate of drug-likeness (QED) is 0.727. The molecule has 0 radical (unpaired) electrons. The zero-order valence-corrected chi connectivity index (χ0v) is 13.4. The van der Waals surface area contributed by atoms with E-state index in [-0.39, 0.29) is 5.91 Å². The molecule has 1 amide bonds. The second-order valence-electron chi connectivity index (χ2n) is 5.95. The molecule has 0 unspecified atom stereocenters. The topological polar surface area (TPSA) is 59.2 Å². The third kappa shape index (κ3) is 2.69. The van der Waals surface area contributed by atoms with E-state index in [0.717, 1.165) is 18.5 Å². The van der Waals surface area contributed by atoms with Gasteiger partial charge in [-0.1, -0.05) is 24.3 Å². The molecule has 5 nitrogen and oxygen atoms in total. The number of nitrogens with zero attached hydrogens (tertiary/aromatic N) is 3. The lowest BCUT2D eigenvalue weighted by atomic mass is 9.99. The fraction of sp³-hybridized carbons (Fsp3) is 0.211. The van der Waals surface area contributed by atoms with Gasteiger partial charge in [-0.05, 0) is 41.8 Å². The Labute approximate surface area is 139 Å². The maximum absolute atomic E-state index is 12.7. The molecule has 0 bridgehead atoms. The standard InChI is InChI=1S/C19H17N3O2/c1-13-20-21-18(24-13)15-6-8-16(9-7-15)19(23)22-11-10-14-4-2-3-5-17(14)12-22/h2-9H,10-12H2,1H3. The van der Waals surface area contributed by atoms with Gasteiger partial charge in [-0.25, -0.2) is 0 Å². The Balaban J connectivity index is 1.53. The molecular weight excluding hydrogens is 302 g/mol. The molecule has 0 atom stereocenters. The number of benzene rings is 2. The van der Waals surface area contributed by atoms with Crippen molar-refractivity contribution in [3.05, 3.63) is 71.1 Å². The lowest BCUT2D eigenvalue weighted by molar-refractivity contribution is 0.0734. The molecule has 2 aromatic carbocycles. The molecule has 120 valence electrons. The summed E-state index contributed by atoms with van der Waals surface area (Å²) in [6.45, 7) is 3.17. The van der Waals surface area contributed by atoms with Gasteiger partial charge in [0.15, 0.2) is 0 Å². The van der Waals surface area contributed by atoms with Crippen LogP contribution in [0.4, 0.5) is 0 Å². The molecule has 1 aliphatic heterocycles. The van der Waals surface area contributed by atoms with Crippen LogP contribution in [0.2, 0.25) is 0 Å². The van der Waals surface area contributed by atoms with Crippen molar-refractivity contribution in [1.29, 1.82) is 0 Å². The first-order valence-electron chi connectivity index (χ1n) is 7.97. The van der Waals surface area contributed by atoms with Crippen molar-refractivity contribution in [3.63, 3.8) is 0 Å². The average Bonchev–Trinajstić information content (AvgIpc) is 3.07. The molecule has 0 fully saturated rings. The van der Waals surface area contributed by atoms with Crippen molar-refractivity contribution >= 4 is 5.91 Å². The average molecular weight is 319 g/mol. The molecule has 3 aromatic rings. The van der Waals surface area contributed by atoms with Gasteiger partial charge < -0.3 is 9.32 Å². The summed E-state index contributed by atoms with van der Waals surface area (Å²) in [5.41, 5.74) is 4.06. The fourth-order valence-corrected chi connectivity index (χ4v) is 3.02. The summed E-state index contributed by atoms with van der Waals surface area (Å²) in [6.07, 6.45) is 0.904. The van der Waals surface area contributed by atoms with Crippen LogP contribution < -0.4 is 0 Å². The first-order valence-corrected chi connectivity index (χ1v) is 7.97. The van der Waals surface area contributed by atoms with Crippen LogP contribution >= 0.6 is 0 Å². The normalized spacial score (nSPS) is 13.6. The molecule has 0 saturated heterocycles. The highest BCUT2D eigenvalue weighted by molar-refractivity contribution is 5.94. The number of hydrogen-bond donors (Lipinski definition) is 0. The van der Waals surface area contributed by atoms with E-state index in [4.69, 9.17) is 4.42 Å². The maximum atomic E-state index is 12.7. The van der Waals surface area contributed by atoms with Crippen LogP contribution in [0.5, 0.6) is 0 Å². The van der Waals surface area contributed by atoms with Crippen LogP contribution in [0.25, 0.3) is 11.5 Å². The summed E-state index contributed by atoms with van der Waals surface area (Å²) >= 11 is 0. The molecule has 0 spiro atoms. The summed E-state index contributed by atoms with van der Waals surface area (Å²) in [6, 6.07) is 15.6. The number of aromatic nitrogens is 2. The van der Waals surface area contributed by atoms with Gasteiger partial charge in [0.2, 0.25) is 11.8 Å². The molecule has 4 rings (SSSR count). The van der Waals surface area contributed by atoms with Crippen molar-refractivity contribution in [2.75, 3.05) is 6.54 Å². The Morgan fingerprint density at radius 2 is 1.79 bits per heavy atom. The Morgan fingerprint density at radius 1 is 1.04 bits per heavy atom. The molecule has 5 heteroatoms. The molecule has 24 heavy (non-hydrogen) atoms. The third-order valence-corrected chi connectivity index (χ3v) is 4.32. The number of aryl methyl sites for hydroxylation is 1. The molecule has 0 N–H and O–H groups in total. The number of hydrogen-bond acceptors (Lipinski definition) is 4. The Kier molecular flexibility index (Phi) is 3.61. The minimum absolute atomic E-state index is 0.0535. The Morgan fingerprint density at radius 3 is 2.50 bits per heavy atom. The summed E-state index contributed by atoms with van der Waals surface area (Å²) in [5.74, 6) is 1.05. The van der Waals surface area contributed by atoms with Gasteiger partial charge in [-0.2, -0.15) is 0 Å². The van der Waals surface area contributed by atoms with Gasteiger partial charge in [0, 0.05) is 31.1 Å². The van der Waals surface area contributed by atoms with E-state index >= 15 is 0 Å². The van der Waals surface area contributed by atoms with Crippen LogP contribution in [0.1, 0.15) is 27.4 Å². The largest absolute Gasteiger partial charge is 0.421 e. The number of carbonyl (C=O) groups excluding carboxylic acids is 1. The highest BCUT2D eigenvalue weighted by Gasteiger charge is 2.21. The number of rotatable bonds is 2. The summed E-state index contributed by atoms with van der Waals surface area (Å²) < 4.78 is 5.41. The molecule has 1 aliphatic rings. The van der Waals surface area contributed by atoms with Crippen LogP contribution in [0, 0.1) is 6.92 Å². The molecule has 0 saturated carbocycles. The van der Waals surface area contributed by atoms with E-state index in [2.05, 4.69) is 22.3 Å². The van der Waals surface area contributed by atoms with E-state index in [9.17, 15) is 4.79 Å². The molecule has 0 aliphatic carbocycles. The molecule has 2 heterocycles. The van der Waals surface area contributed by atoms with Crippen LogP contribution in [-0.4, -0.2) is 27.5 Å². The van der Waals surface area contributed by atoms with E-state index in [1.807, 2.05) is 41.3 Å². The first kappa shape index (κ1) is 14.6. The van der Waals surface area contributed by atoms with Crippen LogP contribution in [0.15, 0.2) is 52.9 Å². The van der Waals surface area contributed by atoms with Crippen molar-refractivity contribution in [1.82, 2.24) is 15.1 Å². The fourth-order valence-electron chi connectivity index (χ4n) is 3.02. The predicted octanol–water partition coefficient (Wildman–Crippen LogP) is 3.24. The minimum atomic E-state index is 0.0535. The van der Waals surface area contributed by atoms with Gasteiger partial charge in [-0.3, -0.25) is 4.79 Å². The van der Waals surface area contributed by atoms with E-state index in [0.29, 0.717) is 23.9 Å². The van der Waals surface area contributed by atoms with Crippen LogP contribution in [-0.2, 0) is 13.0 Å². The Hall–Kier alpha value is -2.95. The minimum Gasteiger partial charge on any atom is -0.421 e. The SMILES string of the molecule is Cc1nnc(-c2ccc(C(=O)N3CCc4ccccc4C3)cc2)o1. The zero-order valence-electron chi connectivity index (χ0n) is 13.4. The zero-order chi connectivity index (χ0) is 16.5. The van der Waals surface area contributed by atoms with Crippen molar-refractivity contribution in [3.8, 4) is 11.5 Å². The second kappa shape index (κ2) is 5.92. The van der Waals surface area contributed by atoms with Crippen molar-refractivity contribution in [2.45, 2.75) is 19.9 Å². The van der Waals surface area contributed by atoms with Gasteiger partial charge >= 0.3 is 0 Å². The number of amides is 1. The van der Waals surface area contributed by atoms with E-state index < -0.39 is 0 Å². The summed E-state index contributed by atoms with van der Waals surface area (Å²) in [4.78, 5) is 14.6. The lowest BCUT2D eigenvalue weighted by Crippen LogP contribution is -2.35. The maximum Gasteiger partial charge on any atom is 0.254 e. The van der Waals surface area contributed by atoms with Crippen molar-refractivity contribution < 1.29 is 9.21 Å². The molecular formula is C19H17N3O2.